The van der Waals surface area contributed by atoms with Crippen molar-refractivity contribution < 1.29 is 9.53 Å². The van der Waals surface area contributed by atoms with Crippen molar-refractivity contribution >= 4 is 33.5 Å². The Morgan fingerprint density at radius 2 is 1.91 bits per heavy atom. The van der Waals surface area contributed by atoms with Crippen LogP contribution in [0.25, 0.3) is 0 Å². The van der Waals surface area contributed by atoms with E-state index in [0.717, 1.165) is 23.1 Å². The SMILES string of the molecule is COCCCNc1ncc(C(=O)Nc2ccc(Br)cc2)cn1. The highest BCUT2D eigenvalue weighted by atomic mass is 79.9. The van der Waals surface area contributed by atoms with E-state index < -0.39 is 0 Å². The zero-order valence-corrected chi connectivity index (χ0v) is 13.8. The van der Waals surface area contributed by atoms with Gasteiger partial charge in [-0.25, -0.2) is 9.97 Å². The first kappa shape index (κ1) is 16.4. The van der Waals surface area contributed by atoms with Crippen LogP contribution in [-0.4, -0.2) is 36.1 Å². The average Bonchev–Trinajstić information content (AvgIpc) is 2.54. The molecule has 1 aromatic carbocycles. The molecule has 2 rings (SSSR count). The van der Waals surface area contributed by atoms with Gasteiger partial charge in [0, 0.05) is 42.8 Å². The van der Waals surface area contributed by atoms with Crippen molar-refractivity contribution in [1.82, 2.24) is 9.97 Å². The van der Waals surface area contributed by atoms with Crippen molar-refractivity contribution in [1.29, 1.82) is 0 Å². The van der Waals surface area contributed by atoms with Gasteiger partial charge in [0.1, 0.15) is 0 Å². The monoisotopic (exact) mass is 364 g/mol. The zero-order chi connectivity index (χ0) is 15.8. The molecular formula is C15H17BrN4O2. The summed E-state index contributed by atoms with van der Waals surface area (Å²) in [6.07, 6.45) is 3.87. The summed E-state index contributed by atoms with van der Waals surface area (Å²) >= 11 is 3.35. The average molecular weight is 365 g/mol. The van der Waals surface area contributed by atoms with Crippen LogP contribution in [0.3, 0.4) is 0 Å². The Balaban J connectivity index is 1.89. The van der Waals surface area contributed by atoms with Crippen LogP contribution in [0.1, 0.15) is 16.8 Å². The first-order chi connectivity index (χ1) is 10.7. The van der Waals surface area contributed by atoms with Crippen LogP contribution in [-0.2, 0) is 4.74 Å². The third-order valence-electron chi connectivity index (χ3n) is 2.82. The van der Waals surface area contributed by atoms with Gasteiger partial charge in [-0.1, -0.05) is 15.9 Å². The van der Waals surface area contributed by atoms with Crippen LogP contribution >= 0.6 is 15.9 Å². The molecule has 0 saturated heterocycles. The molecule has 0 bridgehead atoms. The number of nitrogens with one attached hydrogen (secondary N) is 2. The van der Waals surface area contributed by atoms with Gasteiger partial charge < -0.3 is 15.4 Å². The third-order valence-corrected chi connectivity index (χ3v) is 3.35. The summed E-state index contributed by atoms with van der Waals surface area (Å²) in [4.78, 5) is 20.3. The molecular weight excluding hydrogens is 348 g/mol. The van der Waals surface area contributed by atoms with E-state index in [1.807, 2.05) is 24.3 Å². The van der Waals surface area contributed by atoms with E-state index in [2.05, 4.69) is 36.5 Å². The zero-order valence-electron chi connectivity index (χ0n) is 12.2. The molecule has 7 heteroatoms. The second kappa shape index (κ2) is 8.45. The summed E-state index contributed by atoms with van der Waals surface area (Å²) in [5.74, 6) is 0.254. The molecule has 2 N–H and O–H groups in total. The highest BCUT2D eigenvalue weighted by molar-refractivity contribution is 9.10. The van der Waals surface area contributed by atoms with E-state index in [0.29, 0.717) is 18.1 Å². The summed E-state index contributed by atoms with van der Waals surface area (Å²) in [7, 11) is 1.66. The number of carbonyl (C=O) groups is 1. The molecule has 0 unspecified atom stereocenters. The van der Waals surface area contributed by atoms with Gasteiger partial charge in [0.05, 0.1) is 5.56 Å². The molecule has 0 aliphatic carbocycles. The highest BCUT2D eigenvalue weighted by Gasteiger charge is 2.07. The van der Waals surface area contributed by atoms with E-state index in [-0.39, 0.29) is 5.91 Å². The van der Waals surface area contributed by atoms with Crippen LogP contribution in [0, 0.1) is 0 Å². The number of ether oxygens (including phenoxy) is 1. The maximum atomic E-state index is 12.1. The molecule has 0 aliphatic rings. The van der Waals surface area contributed by atoms with Crippen molar-refractivity contribution in [3.05, 3.63) is 46.7 Å². The second-order valence-corrected chi connectivity index (χ2v) is 5.45. The fraction of sp³-hybridized carbons (Fsp3) is 0.267. The summed E-state index contributed by atoms with van der Waals surface area (Å²) in [5, 5.41) is 5.85. The molecule has 2 aromatic rings. The minimum Gasteiger partial charge on any atom is -0.385 e. The standard InChI is InChI=1S/C15H17BrN4O2/c1-22-8-2-7-17-15-18-9-11(10-19-15)14(21)20-13-5-3-12(16)4-6-13/h3-6,9-10H,2,7-8H2,1H3,(H,20,21)(H,17,18,19). The van der Waals surface area contributed by atoms with Gasteiger partial charge in [-0.2, -0.15) is 0 Å². The van der Waals surface area contributed by atoms with E-state index in [1.165, 1.54) is 12.4 Å². The number of hydrogen-bond acceptors (Lipinski definition) is 5. The summed E-state index contributed by atoms with van der Waals surface area (Å²) in [5.41, 5.74) is 1.13. The second-order valence-electron chi connectivity index (χ2n) is 4.53. The number of halogens is 1. The Morgan fingerprint density at radius 3 is 2.55 bits per heavy atom. The topological polar surface area (TPSA) is 76.1 Å². The van der Waals surface area contributed by atoms with Crippen molar-refractivity contribution in [2.75, 3.05) is 30.9 Å². The summed E-state index contributed by atoms with van der Waals surface area (Å²) in [6, 6.07) is 7.35. The first-order valence-corrected chi connectivity index (χ1v) is 7.60. The predicted octanol–water partition coefficient (Wildman–Crippen LogP) is 2.94. The lowest BCUT2D eigenvalue weighted by Gasteiger charge is -2.06. The van der Waals surface area contributed by atoms with Crippen LogP contribution in [0.5, 0.6) is 0 Å². The van der Waals surface area contributed by atoms with E-state index in [9.17, 15) is 4.79 Å². The van der Waals surface area contributed by atoms with Gasteiger partial charge in [-0.05, 0) is 30.7 Å². The predicted molar refractivity (Wildman–Crippen MR) is 89.1 cm³/mol. The van der Waals surface area contributed by atoms with Gasteiger partial charge in [-0.15, -0.1) is 0 Å². The highest BCUT2D eigenvalue weighted by Crippen LogP contribution is 2.15. The Kier molecular flexibility index (Phi) is 6.29. The Bertz CT molecular complexity index is 602. The van der Waals surface area contributed by atoms with E-state index >= 15 is 0 Å². The van der Waals surface area contributed by atoms with Crippen molar-refractivity contribution in [3.8, 4) is 0 Å². The van der Waals surface area contributed by atoms with Gasteiger partial charge in [0.15, 0.2) is 0 Å². The molecule has 0 atom stereocenters. The molecule has 0 radical (unpaired) electrons. The lowest BCUT2D eigenvalue weighted by Crippen LogP contribution is -2.14. The smallest absolute Gasteiger partial charge is 0.258 e. The largest absolute Gasteiger partial charge is 0.385 e. The lowest BCUT2D eigenvalue weighted by molar-refractivity contribution is 0.102. The number of aromatic nitrogens is 2. The fourth-order valence-electron chi connectivity index (χ4n) is 1.69. The van der Waals surface area contributed by atoms with Gasteiger partial charge in [0.25, 0.3) is 5.91 Å². The minimum atomic E-state index is -0.242. The molecule has 22 heavy (non-hydrogen) atoms. The molecule has 0 spiro atoms. The molecule has 116 valence electrons. The maximum Gasteiger partial charge on any atom is 0.258 e. The van der Waals surface area contributed by atoms with Gasteiger partial charge in [0.2, 0.25) is 5.95 Å². The van der Waals surface area contributed by atoms with Crippen LogP contribution < -0.4 is 10.6 Å². The van der Waals surface area contributed by atoms with Crippen molar-refractivity contribution in [2.45, 2.75) is 6.42 Å². The van der Waals surface area contributed by atoms with Gasteiger partial charge >= 0.3 is 0 Å². The number of carbonyl (C=O) groups excluding carboxylic acids is 1. The number of anilines is 2. The normalized spacial score (nSPS) is 10.3. The Morgan fingerprint density at radius 1 is 1.23 bits per heavy atom. The molecule has 0 saturated carbocycles. The minimum absolute atomic E-state index is 0.242. The van der Waals surface area contributed by atoms with E-state index in [1.54, 1.807) is 7.11 Å². The number of amides is 1. The third kappa shape index (κ3) is 5.09. The summed E-state index contributed by atoms with van der Waals surface area (Å²) in [6.45, 7) is 1.40. The fourth-order valence-corrected chi connectivity index (χ4v) is 1.95. The Hall–Kier alpha value is -1.99. The lowest BCUT2D eigenvalue weighted by atomic mass is 10.3. The number of benzene rings is 1. The number of rotatable bonds is 7. The summed E-state index contributed by atoms with van der Waals surface area (Å²) < 4.78 is 5.91. The number of hydrogen-bond donors (Lipinski definition) is 2. The molecule has 6 nitrogen and oxygen atoms in total. The first-order valence-electron chi connectivity index (χ1n) is 6.81. The number of nitrogens with zero attached hydrogens (tertiary/aromatic N) is 2. The molecule has 0 fully saturated rings. The molecule has 0 aliphatic heterocycles. The van der Waals surface area contributed by atoms with E-state index in [4.69, 9.17) is 4.74 Å². The van der Waals surface area contributed by atoms with Gasteiger partial charge in [-0.3, -0.25) is 4.79 Å². The van der Waals surface area contributed by atoms with Crippen LogP contribution in [0.2, 0.25) is 0 Å². The molecule has 1 heterocycles. The van der Waals surface area contributed by atoms with Crippen molar-refractivity contribution in [2.24, 2.45) is 0 Å². The number of methoxy groups -OCH3 is 1. The quantitative estimate of drug-likeness (QED) is 0.738. The van der Waals surface area contributed by atoms with Crippen molar-refractivity contribution in [3.63, 3.8) is 0 Å². The van der Waals surface area contributed by atoms with Crippen LogP contribution in [0.15, 0.2) is 41.1 Å². The Labute approximate surface area is 137 Å². The molecule has 1 aromatic heterocycles. The van der Waals surface area contributed by atoms with Crippen LogP contribution in [0.4, 0.5) is 11.6 Å². The maximum absolute atomic E-state index is 12.1. The molecule has 1 amide bonds.